The van der Waals surface area contributed by atoms with Gasteiger partial charge in [-0.25, -0.2) is 13.2 Å². The number of aliphatic imine (C=N–C) groups is 1. The molecule has 0 radical (unpaired) electrons. The monoisotopic (exact) mass is 662 g/mol. The number of aromatic amines is 1. The number of ether oxygens (including phenoxy) is 1. The Kier molecular flexibility index (Phi) is 16.2. The van der Waals surface area contributed by atoms with Crippen molar-refractivity contribution in [2.75, 3.05) is 7.11 Å². The van der Waals surface area contributed by atoms with Crippen molar-refractivity contribution in [2.24, 2.45) is 4.99 Å². The fourth-order valence-corrected chi connectivity index (χ4v) is 4.48. The molecule has 2 N–H and O–H groups in total. The maximum atomic E-state index is 14.8. The Hall–Kier alpha value is -4.31. The number of alkyl halides is 3. The highest BCUT2D eigenvalue weighted by Gasteiger charge is 2.53. The van der Waals surface area contributed by atoms with Crippen LogP contribution in [0.5, 0.6) is 11.5 Å². The van der Waals surface area contributed by atoms with Crippen molar-refractivity contribution in [3.05, 3.63) is 119 Å². The molecule has 1 aromatic heterocycles. The molecule has 1 heterocycles. The van der Waals surface area contributed by atoms with Gasteiger partial charge >= 0.3 is 6.18 Å². The number of fused-ring (bicyclic) bond motifs is 1. The van der Waals surface area contributed by atoms with Crippen LogP contribution in [-0.4, -0.2) is 29.1 Å². The van der Waals surface area contributed by atoms with E-state index in [9.17, 15) is 26.3 Å². The van der Waals surface area contributed by atoms with Gasteiger partial charge in [0.15, 0.2) is 17.4 Å². The number of nitrogens with zero attached hydrogens (tertiary/aromatic N) is 1. The van der Waals surface area contributed by atoms with Crippen molar-refractivity contribution in [1.29, 1.82) is 0 Å². The minimum absolute atomic E-state index is 0.0404. The fourth-order valence-electron chi connectivity index (χ4n) is 4.48. The summed E-state index contributed by atoms with van der Waals surface area (Å²) in [5.74, 6) is -3.39. The van der Waals surface area contributed by atoms with E-state index in [2.05, 4.69) is 16.6 Å². The second-order valence-electron chi connectivity index (χ2n) is 9.86. The number of H-pyrrole nitrogens is 1. The zero-order chi connectivity index (χ0) is 35.9. The lowest BCUT2D eigenvalue weighted by Crippen LogP contribution is -2.40. The quantitative estimate of drug-likeness (QED) is 0.106. The average molecular weight is 663 g/mol. The van der Waals surface area contributed by atoms with Crippen molar-refractivity contribution in [2.45, 2.75) is 72.9 Å². The molecule has 3 aromatic carbocycles. The average Bonchev–Trinajstić information content (AvgIpc) is 3.55. The summed E-state index contributed by atoms with van der Waals surface area (Å²) in [6.07, 6.45) is 0.735. The van der Waals surface area contributed by atoms with Gasteiger partial charge in [0.25, 0.3) is 0 Å². The second kappa shape index (κ2) is 18.7. The first-order chi connectivity index (χ1) is 22.4. The highest BCUT2D eigenvalue weighted by molar-refractivity contribution is 5.99. The largest absolute Gasteiger partial charge is 0.451 e. The first kappa shape index (κ1) is 40.7. The summed E-state index contributed by atoms with van der Waals surface area (Å²) in [5, 5.41) is 7.11. The molecular weight excluding hydrogens is 618 g/mol. The number of hydrogen-bond donors (Lipinski definition) is 2. The topological polar surface area (TPSA) is 57.6 Å². The summed E-state index contributed by atoms with van der Waals surface area (Å²) in [4.78, 5) is 6.85. The van der Waals surface area contributed by atoms with E-state index in [0.29, 0.717) is 12.8 Å². The Morgan fingerprint density at radius 1 is 0.936 bits per heavy atom. The molecule has 0 fully saturated rings. The summed E-state index contributed by atoms with van der Waals surface area (Å²) in [5.41, 5.74) is -1.50. The van der Waals surface area contributed by atoms with Gasteiger partial charge in [-0.1, -0.05) is 58.0 Å². The van der Waals surface area contributed by atoms with Gasteiger partial charge in [-0.15, -0.1) is 6.58 Å². The molecule has 0 aliphatic carbocycles. The lowest BCUT2D eigenvalue weighted by Gasteiger charge is -2.33. The smallest absolute Gasteiger partial charge is 0.401 e. The third kappa shape index (κ3) is 9.60. The van der Waals surface area contributed by atoms with Crippen molar-refractivity contribution >= 4 is 16.6 Å². The van der Waals surface area contributed by atoms with E-state index < -0.39 is 34.8 Å². The van der Waals surface area contributed by atoms with E-state index in [1.54, 1.807) is 18.2 Å². The number of aliphatic hydroxyl groups excluding tert-OH is 1. The zero-order valence-corrected chi connectivity index (χ0v) is 28.1. The van der Waals surface area contributed by atoms with Gasteiger partial charge in [-0.2, -0.15) is 13.2 Å². The molecule has 4 rings (SSSR count). The molecule has 0 aliphatic heterocycles. The predicted octanol–water partition coefficient (Wildman–Crippen LogP) is 11.4. The predicted molar refractivity (Wildman–Crippen MR) is 180 cm³/mol. The lowest BCUT2D eigenvalue weighted by atomic mass is 9.75. The molecule has 1 atom stereocenters. The van der Waals surface area contributed by atoms with Crippen LogP contribution in [0.3, 0.4) is 0 Å². The highest BCUT2D eigenvalue weighted by atomic mass is 19.4. The Morgan fingerprint density at radius 2 is 1.60 bits per heavy atom. The number of halogens is 6. The van der Waals surface area contributed by atoms with E-state index in [-0.39, 0.29) is 39.1 Å². The molecule has 0 saturated heterocycles. The second-order valence-corrected chi connectivity index (χ2v) is 9.86. The summed E-state index contributed by atoms with van der Waals surface area (Å²) < 4.78 is 93.0. The number of nitrogens with one attached hydrogen (secondary N) is 1. The van der Waals surface area contributed by atoms with Crippen LogP contribution in [0, 0.1) is 17.5 Å². The van der Waals surface area contributed by atoms with Gasteiger partial charge in [-0.05, 0) is 74.6 Å². The van der Waals surface area contributed by atoms with Crippen molar-refractivity contribution in [3.63, 3.8) is 0 Å². The van der Waals surface area contributed by atoms with Gasteiger partial charge in [0, 0.05) is 42.2 Å². The minimum atomic E-state index is -4.65. The molecule has 4 nitrogen and oxygen atoms in total. The maximum absolute atomic E-state index is 14.8. The molecule has 0 bridgehead atoms. The normalized spacial score (nSPS) is 12.8. The first-order valence-corrected chi connectivity index (χ1v) is 15.2. The molecular formula is C37H44F6N2O2. The Bertz CT molecular complexity index is 1660. The number of aryl methyl sites for hydroxylation is 1. The molecule has 0 spiro atoms. The SMILES string of the molecule is C=CCCc1cccc(C(C)(/C(C)=C/N=C(C)c2cc(Oc3c(F)cc4[nH]ccc4c3F)ccc2F)C(F)(F)F)c1.CC.CC.CO. The first-order valence-electron chi connectivity index (χ1n) is 15.2. The van der Waals surface area contributed by atoms with Crippen LogP contribution in [0.2, 0.25) is 0 Å². The lowest BCUT2D eigenvalue weighted by molar-refractivity contribution is -0.174. The number of aliphatic hydroxyl groups is 1. The van der Waals surface area contributed by atoms with E-state index >= 15 is 0 Å². The standard InChI is InChI=1S/C32H28F6N2O.2C2H6.CH4O/c1-5-6-8-21-9-7-10-22(15-21)31(4,32(36,37)38)19(2)18-40-20(3)25-16-23(11-12-26(25)33)41-30-27(34)17-28-24(29(30)35)13-14-39-28;3*1-2/h5,7,9-18,39H,1,6,8H2,2-4H3;2*1-2H3;2H,1H3/b19-18+,40-20?;;;. The fraction of sp³-hybridized carbons (Fsp3) is 0.324. The van der Waals surface area contributed by atoms with Gasteiger partial charge < -0.3 is 14.8 Å². The third-order valence-corrected chi connectivity index (χ3v) is 7.20. The van der Waals surface area contributed by atoms with Gasteiger partial charge in [0.2, 0.25) is 0 Å². The van der Waals surface area contributed by atoms with Gasteiger partial charge in [0.1, 0.15) is 17.0 Å². The number of rotatable bonds is 9. The molecule has 10 heteroatoms. The number of aromatic nitrogens is 1. The number of hydrogen-bond acceptors (Lipinski definition) is 3. The van der Waals surface area contributed by atoms with Crippen molar-refractivity contribution in [3.8, 4) is 11.5 Å². The maximum Gasteiger partial charge on any atom is 0.401 e. The Morgan fingerprint density at radius 3 is 2.21 bits per heavy atom. The zero-order valence-electron chi connectivity index (χ0n) is 28.1. The van der Waals surface area contributed by atoms with Crippen LogP contribution in [0.15, 0.2) is 90.2 Å². The van der Waals surface area contributed by atoms with Crippen LogP contribution in [0.25, 0.3) is 10.9 Å². The van der Waals surface area contributed by atoms with Crippen LogP contribution < -0.4 is 4.74 Å². The molecule has 0 aliphatic rings. The molecule has 0 amide bonds. The Labute approximate surface area is 273 Å². The van der Waals surface area contributed by atoms with Crippen LogP contribution in [0.1, 0.15) is 71.6 Å². The molecule has 0 saturated carbocycles. The van der Waals surface area contributed by atoms with E-state index in [1.807, 2.05) is 27.7 Å². The highest BCUT2D eigenvalue weighted by Crippen LogP contribution is 2.46. The third-order valence-electron chi connectivity index (χ3n) is 7.20. The van der Waals surface area contributed by atoms with Crippen LogP contribution in [-0.2, 0) is 11.8 Å². The summed E-state index contributed by atoms with van der Waals surface area (Å²) in [7, 11) is 1.00. The minimum Gasteiger partial charge on any atom is -0.451 e. The van der Waals surface area contributed by atoms with Crippen LogP contribution >= 0.6 is 0 Å². The molecule has 4 aromatic rings. The van der Waals surface area contributed by atoms with E-state index in [4.69, 9.17) is 9.84 Å². The summed E-state index contributed by atoms with van der Waals surface area (Å²) in [6.45, 7) is 15.5. The molecule has 256 valence electrons. The van der Waals surface area contributed by atoms with Gasteiger partial charge in [-0.3, -0.25) is 4.99 Å². The molecule has 1 unspecified atom stereocenters. The summed E-state index contributed by atoms with van der Waals surface area (Å²) >= 11 is 0. The van der Waals surface area contributed by atoms with Crippen LogP contribution in [0.4, 0.5) is 26.3 Å². The summed E-state index contributed by atoms with van der Waals surface area (Å²) in [6, 6.07) is 12.2. The van der Waals surface area contributed by atoms with E-state index in [0.717, 1.165) is 37.9 Å². The van der Waals surface area contributed by atoms with E-state index in [1.165, 1.54) is 50.4 Å². The van der Waals surface area contributed by atoms with Crippen molar-refractivity contribution < 1.29 is 36.2 Å². The Balaban J connectivity index is 0.00000174. The van der Waals surface area contributed by atoms with Crippen molar-refractivity contribution in [1.82, 2.24) is 4.98 Å². The molecule has 47 heavy (non-hydrogen) atoms. The van der Waals surface area contributed by atoms with Gasteiger partial charge in [0.05, 0.1) is 5.52 Å². The number of benzene rings is 3. The number of allylic oxidation sites excluding steroid dienone is 2.